The molecule has 0 fully saturated rings. The van der Waals surface area contributed by atoms with Crippen LogP contribution in [0.4, 0.5) is 4.39 Å². The highest BCUT2D eigenvalue weighted by Crippen LogP contribution is 2.17. The Bertz CT molecular complexity index is 473. The molecule has 0 aliphatic heterocycles. The van der Waals surface area contributed by atoms with Crippen molar-refractivity contribution in [3.8, 4) is 0 Å². The van der Waals surface area contributed by atoms with Gasteiger partial charge in [-0.05, 0) is 26.0 Å². The van der Waals surface area contributed by atoms with E-state index in [0.717, 1.165) is 17.0 Å². The van der Waals surface area contributed by atoms with Crippen molar-refractivity contribution in [2.45, 2.75) is 19.9 Å². The van der Waals surface area contributed by atoms with E-state index in [2.05, 4.69) is 4.98 Å². The van der Waals surface area contributed by atoms with Crippen LogP contribution in [0, 0.1) is 12.7 Å². The summed E-state index contributed by atoms with van der Waals surface area (Å²) in [7, 11) is 0. The van der Waals surface area contributed by atoms with Gasteiger partial charge in [-0.1, -0.05) is 0 Å². The average Bonchev–Trinajstić information content (AvgIpc) is 2.40. The van der Waals surface area contributed by atoms with Crippen LogP contribution in [-0.4, -0.2) is 9.38 Å². The maximum atomic E-state index is 13.0. The van der Waals surface area contributed by atoms with Crippen molar-refractivity contribution in [1.29, 1.82) is 0 Å². The molecule has 2 heterocycles. The lowest BCUT2D eigenvalue weighted by atomic mass is 10.2. The third-order valence-corrected chi connectivity index (χ3v) is 2.23. The van der Waals surface area contributed by atoms with Gasteiger partial charge in [0.05, 0.1) is 11.4 Å². The fourth-order valence-electron chi connectivity index (χ4n) is 1.70. The molecular formula is C10H12FN3. The molecule has 2 aromatic heterocycles. The molecule has 0 aliphatic carbocycles. The number of fused-ring (bicyclic) bond motifs is 1. The van der Waals surface area contributed by atoms with E-state index in [1.807, 2.05) is 13.8 Å². The topological polar surface area (TPSA) is 43.3 Å². The molecule has 1 unspecified atom stereocenters. The van der Waals surface area contributed by atoms with Crippen molar-refractivity contribution in [2.24, 2.45) is 5.73 Å². The lowest BCUT2D eigenvalue weighted by molar-refractivity contribution is 0.615. The molecule has 0 radical (unpaired) electrons. The molecule has 0 aliphatic rings. The lowest BCUT2D eigenvalue weighted by Gasteiger charge is -2.06. The van der Waals surface area contributed by atoms with Crippen LogP contribution in [-0.2, 0) is 0 Å². The van der Waals surface area contributed by atoms with Gasteiger partial charge in [0, 0.05) is 12.2 Å². The van der Waals surface area contributed by atoms with Crippen LogP contribution in [0.25, 0.3) is 5.65 Å². The zero-order valence-corrected chi connectivity index (χ0v) is 8.16. The van der Waals surface area contributed by atoms with Crippen LogP contribution in [0.15, 0.2) is 18.3 Å². The Balaban J connectivity index is 2.79. The van der Waals surface area contributed by atoms with Gasteiger partial charge in [-0.2, -0.15) is 0 Å². The van der Waals surface area contributed by atoms with E-state index in [0.29, 0.717) is 0 Å². The summed E-state index contributed by atoms with van der Waals surface area (Å²) in [5.74, 6) is -0.281. The van der Waals surface area contributed by atoms with E-state index in [1.54, 1.807) is 10.5 Å². The van der Waals surface area contributed by atoms with E-state index in [9.17, 15) is 4.39 Å². The molecule has 1 atom stereocenters. The summed E-state index contributed by atoms with van der Waals surface area (Å²) < 4.78 is 14.7. The van der Waals surface area contributed by atoms with Crippen LogP contribution >= 0.6 is 0 Å². The molecule has 0 saturated carbocycles. The van der Waals surface area contributed by atoms with E-state index in [1.165, 1.54) is 12.3 Å². The fraction of sp³-hybridized carbons (Fsp3) is 0.300. The number of pyridine rings is 1. The number of imidazole rings is 1. The van der Waals surface area contributed by atoms with Gasteiger partial charge in [-0.15, -0.1) is 0 Å². The normalized spacial score (nSPS) is 13.4. The summed E-state index contributed by atoms with van der Waals surface area (Å²) in [5.41, 5.74) is 8.24. The van der Waals surface area contributed by atoms with E-state index in [-0.39, 0.29) is 11.9 Å². The van der Waals surface area contributed by atoms with E-state index < -0.39 is 0 Å². The van der Waals surface area contributed by atoms with Gasteiger partial charge in [-0.25, -0.2) is 9.37 Å². The quantitative estimate of drug-likeness (QED) is 0.750. The van der Waals surface area contributed by atoms with Crippen molar-refractivity contribution in [3.05, 3.63) is 35.5 Å². The second kappa shape index (κ2) is 3.06. The second-order valence-corrected chi connectivity index (χ2v) is 3.45. The summed E-state index contributed by atoms with van der Waals surface area (Å²) in [6.45, 7) is 3.74. The summed E-state index contributed by atoms with van der Waals surface area (Å²) in [4.78, 5) is 4.29. The van der Waals surface area contributed by atoms with Gasteiger partial charge in [0.15, 0.2) is 0 Å². The van der Waals surface area contributed by atoms with Crippen LogP contribution < -0.4 is 5.73 Å². The highest BCUT2D eigenvalue weighted by Gasteiger charge is 2.12. The number of aromatic nitrogens is 2. The van der Waals surface area contributed by atoms with Crippen molar-refractivity contribution in [2.75, 3.05) is 0 Å². The van der Waals surface area contributed by atoms with Crippen LogP contribution in [0.5, 0.6) is 0 Å². The minimum absolute atomic E-state index is 0.146. The highest BCUT2D eigenvalue weighted by molar-refractivity contribution is 5.43. The summed E-state index contributed by atoms with van der Waals surface area (Å²) in [5, 5.41) is 0. The number of aryl methyl sites for hydroxylation is 1. The third kappa shape index (κ3) is 1.28. The number of nitrogens with two attached hydrogens (primary N) is 1. The highest BCUT2D eigenvalue weighted by atomic mass is 19.1. The Hall–Kier alpha value is -1.42. The molecule has 14 heavy (non-hydrogen) atoms. The molecule has 0 amide bonds. The van der Waals surface area contributed by atoms with Gasteiger partial charge < -0.3 is 5.73 Å². The van der Waals surface area contributed by atoms with Crippen molar-refractivity contribution in [3.63, 3.8) is 0 Å². The Morgan fingerprint density at radius 1 is 1.50 bits per heavy atom. The number of hydrogen-bond donors (Lipinski definition) is 1. The summed E-state index contributed by atoms with van der Waals surface area (Å²) in [6, 6.07) is 2.90. The molecule has 4 heteroatoms. The van der Waals surface area contributed by atoms with E-state index in [4.69, 9.17) is 5.73 Å². The first-order valence-electron chi connectivity index (χ1n) is 4.49. The molecule has 0 saturated heterocycles. The Labute approximate surface area is 81.4 Å². The Kier molecular flexibility index (Phi) is 2.00. The number of nitrogens with zero attached hydrogens (tertiary/aromatic N) is 2. The largest absolute Gasteiger partial charge is 0.323 e. The van der Waals surface area contributed by atoms with Gasteiger partial charge in [0.25, 0.3) is 0 Å². The number of rotatable bonds is 1. The lowest BCUT2D eigenvalue weighted by Crippen LogP contribution is -2.09. The first-order chi connectivity index (χ1) is 6.59. The predicted molar refractivity (Wildman–Crippen MR) is 52.5 cm³/mol. The van der Waals surface area contributed by atoms with Gasteiger partial charge in [0.1, 0.15) is 11.5 Å². The van der Waals surface area contributed by atoms with Crippen LogP contribution in [0.2, 0.25) is 0 Å². The average molecular weight is 193 g/mol. The molecule has 2 N–H and O–H groups in total. The maximum Gasteiger partial charge on any atom is 0.139 e. The third-order valence-electron chi connectivity index (χ3n) is 2.23. The van der Waals surface area contributed by atoms with Crippen LogP contribution in [0.1, 0.15) is 24.4 Å². The first kappa shape index (κ1) is 9.15. The fourth-order valence-corrected chi connectivity index (χ4v) is 1.70. The predicted octanol–water partition coefficient (Wildman–Crippen LogP) is 1.80. The Morgan fingerprint density at radius 2 is 2.21 bits per heavy atom. The number of halogens is 1. The van der Waals surface area contributed by atoms with Crippen molar-refractivity contribution < 1.29 is 4.39 Å². The monoisotopic (exact) mass is 193 g/mol. The first-order valence-corrected chi connectivity index (χ1v) is 4.49. The molecular weight excluding hydrogens is 181 g/mol. The SMILES string of the molecule is Cc1nc2ccc(F)cn2c1C(C)N. The summed E-state index contributed by atoms with van der Waals surface area (Å²) in [6.07, 6.45) is 1.41. The molecule has 3 nitrogen and oxygen atoms in total. The van der Waals surface area contributed by atoms with Gasteiger partial charge >= 0.3 is 0 Å². The minimum Gasteiger partial charge on any atom is -0.323 e. The molecule has 74 valence electrons. The molecule has 2 rings (SSSR count). The number of hydrogen-bond acceptors (Lipinski definition) is 2. The minimum atomic E-state index is -0.281. The van der Waals surface area contributed by atoms with Gasteiger partial charge in [-0.3, -0.25) is 4.40 Å². The molecule has 2 aromatic rings. The van der Waals surface area contributed by atoms with Crippen molar-refractivity contribution >= 4 is 5.65 Å². The van der Waals surface area contributed by atoms with Gasteiger partial charge in [0.2, 0.25) is 0 Å². The summed E-state index contributed by atoms with van der Waals surface area (Å²) >= 11 is 0. The van der Waals surface area contributed by atoms with Crippen molar-refractivity contribution in [1.82, 2.24) is 9.38 Å². The zero-order chi connectivity index (χ0) is 10.3. The smallest absolute Gasteiger partial charge is 0.139 e. The Morgan fingerprint density at radius 3 is 2.86 bits per heavy atom. The molecule has 0 spiro atoms. The standard InChI is InChI=1S/C10H12FN3/c1-6(12)10-7(2)13-9-4-3-8(11)5-14(9)10/h3-6H,12H2,1-2H3. The maximum absolute atomic E-state index is 13.0. The molecule has 0 aromatic carbocycles. The van der Waals surface area contributed by atoms with Crippen LogP contribution in [0.3, 0.4) is 0 Å². The zero-order valence-electron chi connectivity index (χ0n) is 8.16. The van der Waals surface area contributed by atoms with E-state index >= 15 is 0 Å². The molecule has 0 bridgehead atoms. The second-order valence-electron chi connectivity index (χ2n) is 3.45.